The Morgan fingerprint density at radius 1 is 1.33 bits per heavy atom. The molecule has 0 aliphatic carbocycles. The number of hydrogen-bond donors (Lipinski definition) is 0. The summed E-state index contributed by atoms with van der Waals surface area (Å²) in [6, 6.07) is 8.06. The van der Waals surface area contributed by atoms with Crippen molar-refractivity contribution in [3.05, 3.63) is 24.3 Å². The first kappa shape index (κ1) is 14.3. The lowest BCUT2D eigenvalue weighted by Gasteiger charge is -2.18. The van der Waals surface area contributed by atoms with Crippen LogP contribution in [-0.4, -0.2) is 31.9 Å². The van der Waals surface area contributed by atoms with Gasteiger partial charge < -0.3 is 4.74 Å². The highest BCUT2D eigenvalue weighted by Crippen LogP contribution is 2.29. The zero-order valence-electron chi connectivity index (χ0n) is 12.0. The lowest BCUT2D eigenvalue weighted by atomic mass is 10.2. The Balaban J connectivity index is 1.83. The fourth-order valence-electron chi connectivity index (χ4n) is 1.94. The smallest absolute Gasteiger partial charge is 0.316 e. The molecule has 0 atom stereocenters. The van der Waals surface area contributed by atoms with E-state index in [4.69, 9.17) is 4.74 Å². The number of thiazole rings is 1. The lowest BCUT2D eigenvalue weighted by molar-refractivity contribution is -0.151. The van der Waals surface area contributed by atoms with Gasteiger partial charge in [-0.3, -0.25) is 9.20 Å². The Morgan fingerprint density at radius 3 is 2.86 bits per heavy atom. The summed E-state index contributed by atoms with van der Waals surface area (Å²) in [6.45, 7) is 5.58. The second kappa shape index (κ2) is 5.31. The second-order valence-corrected chi connectivity index (χ2v) is 7.50. The van der Waals surface area contributed by atoms with Crippen LogP contribution >= 0.6 is 23.1 Å². The van der Waals surface area contributed by atoms with Crippen molar-refractivity contribution in [1.29, 1.82) is 0 Å². The minimum Gasteiger partial charge on any atom is -0.459 e. The molecule has 0 aliphatic heterocycles. The predicted octanol–water partition coefficient (Wildman–Crippen LogP) is 3.38. The van der Waals surface area contributed by atoms with Crippen LogP contribution in [0.1, 0.15) is 20.8 Å². The number of rotatable bonds is 3. The highest BCUT2D eigenvalue weighted by Gasteiger charge is 2.18. The first-order valence-electron chi connectivity index (χ1n) is 6.51. The fraction of sp³-hybridized carbons (Fsp3) is 0.357. The van der Waals surface area contributed by atoms with E-state index < -0.39 is 5.60 Å². The molecule has 0 unspecified atom stereocenters. The third kappa shape index (κ3) is 3.03. The molecule has 0 amide bonds. The normalized spacial score (nSPS) is 12.1. The number of carbonyl (C=O) groups excluding carboxylic acids is 1. The molecule has 3 rings (SSSR count). The third-order valence-corrected chi connectivity index (χ3v) is 4.56. The van der Waals surface area contributed by atoms with Crippen LogP contribution in [0.25, 0.3) is 15.2 Å². The van der Waals surface area contributed by atoms with E-state index in [-0.39, 0.29) is 11.7 Å². The minimum absolute atomic E-state index is 0.224. The number of thioether (sulfide) groups is 1. The van der Waals surface area contributed by atoms with E-state index >= 15 is 0 Å². The quantitative estimate of drug-likeness (QED) is 0.547. The van der Waals surface area contributed by atoms with Crippen molar-refractivity contribution in [2.24, 2.45) is 0 Å². The van der Waals surface area contributed by atoms with Crippen LogP contribution in [0, 0.1) is 0 Å². The number of nitrogens with zero attached hydrogens (tertiary/aromatic N) is 3. The molecule has 0 radical (unpaired) electrons. The first-order valence-corrected chi connectivity index (χ1v) is 8.31. The van der Waals surface area contributed by atoms with E-state index in [9.17, 15) is 4.79 Å². The van der Waals surface area contributed by atoms with E-state index in [2.05, 4.69) is 16.3 Å². The molecule has 0 fully saturated rings. The summed E-state index contributed by atoms with van der Waals surface area (Å²) in [6.07, 6.45) is 0. The van der Waals surface area contributed by atoms with Crippen LogP contribution in [0.4, 0.5) is 0 Å². The number of fused-ring (bicyclic) bond motifs is 3. The second-order valence-electron chi connectivity index (χ2n) is 5.55. The summed E-state index contributed by atoms with van der Waals surface area (Å²) in [5, 5.41) is 9.04. The monoisotopic (exact) mass is 321 g/mol. The van der Waals surface area contributed by atoms with Crippen molar-refractivity contribution in [2.75, 3.05) is 5.75 Å². The molecule has 3 aromatic rings. The highest BCUT2D eigenvalue weighted by atomic mass is 32.2. The van der Waals surface area contributed by atoms with E-state index in [1.807, 2.05) is 43.4 Å². The fourth-order valence-corrected chi connectivity index (χ4v) is 3.68. The van der Waals surface area contributed by atoms with Gasteiger partial charge >= 0.3 is 5.97 Å². The number of esters is 1. The Labute approximate surface area is 130 Å². The summed E-state index contributed by atoms with van der Waals surface area (Å²) in [5.41, 5.74) is 0.599. The van der Waals surface area contributed by atoms with Gasteiger partial charge in [-0.05, 0) is 32.9 Å². The largest absolute Gasteiger partial charge is 0.459 e. The van der Waals surface area contributed by atoms with Crippen LogP contribution in [0.3, 0.4) is 0 Å². The molecule has 5 nitrogen and oxygen atoms in total. The van der Waals surface area contributed by atoms with Gasteiger partial charge in [0.15, 0.2) is 5.16 Å². The maximum absolute atomic E-state index is 11.8. The summed E-state index contributed by atoms with van der Waals surface area (Å²) >= 11 is 2.93. The van der Waals surface area contributed by atoms with Crippen molar-refractivity contribution < 1.29 is 9.53 Å². The summed E-state index contributed by atoms with van der Waals surface area (Å²) in [4.78, 5) is 12.6. The molecule has 1 aromatic carbocycles. The number of hydrogen-bond acceptors (Lipinski definition) is 6. The van der Waals surface area contributed by atoms with Gasteiger partial charge in [-0.1, -0.05) is 35.2 Å². The van der Waals surface area contributed by atoms with Gasteiger partial charge in [-0.25, -0.2) is 0 Å². The molecular formula is C14H15N3O2S2. The van der Waals surface area contributed by atoms with Crippen molar-refractivity contribution in [2.45, 2.75) is 31.5 Å². The van der Waals surface area contributed by atoms with Gasteiger partial charge in [0.05, 0.1) is 16.0 Å². The van der Waals surface area contributed by atoms with Crippen LogP contribution in [0.15, 0.2) is 29.4 Å². The van der Waals surface area contributed by atoms with Gasteiger partial charge in [0, 0.05) is 0 Å². The van der Waals surface area contributed by atoms with Crippen molar-refractivity contribution >= 4 is 44.2 Å². The molecule has 0 saturated carbocycles. The first-order chi connectivity index (χ1) is 9.94. The average Bonchev–Trinajstić information content (AvgIpc) is 2.93. The van der Waals surface area contributed by atoms with Gasteiger partial charge in [-0.15, -0.1) is 10.2 Å². The molecule has 0 N–H and O–H groups in total. The molecule has 0 saturated heterocycles. The summed E-state index contributed by atoms with van der Waals surface area (Å²) < 4.78 is 8.44. The van der Waals surface area contributed by atoms with E-state index in [0.717, 1.165) is 15.2 Å². The average molecular weight is 321 g/mol. The maximum Gasteiger partial charge on any atom is 0.316 e. The third-order valence-electron chi connectivity index (χ3n) is 2.65. The van der Waals surface area contributed by atoms with Gasteiger partial charge in [0.2, 0.25) is 4.96 Å². The Bertz CT molecular complexity index is 801. The van der Waals surface area contributed by atoms with Crippen LogP contribution < -0.4 is 0 Å². The summed E-state index contributed by atoms with van der Waals surface area (Å²) in [5.74, 6) is -0.0221. The Hall–Kier alpha value is -1.60. The SMILES string of the molecule is CC(C)(C)OC(=O)CSc1nnc2sc3ccccc3n12. The van der Waals surface area contributed by atoms with Crippen molar-refractivity contribution in [3.63, 3.8) is 0 Å². The topological polar surface area (TPSA) is 56.5 Å². The molecule has 21 heavy (non-hydrogen) atoms. The molecule has 110 valence electrons. The number of benzene rings is 1. The van der Waals surface area contributed by atoms with Crippen LogP contribution in [0.2, 0.25) is 0 Å². The molecule has 0 bridgehead atoms. The van der Waals surface area contributed by atoms with Gasteiger partial charge in [0.1, 0.15) is 5.60 Å². The van der Waals surface area contributed by atoms with Gasteiger partial charge in [-0.2, -0.15) is 0 Å². The standard InChI is InChI=1S/C14H15N3O2S2/c1-14(2,3)19-11(18)8-20-12-15-16-13-17(12)9-6-4-5-7-10(9)21-13/h4-7H,8H2,1-3H3. The molecular weight excluding hydrogens is 306 g/mol. The number of para-hydroxylation sites is 1. The van der Waals surface area contributed by atoms with E-state index in [1.165, 1.54) is 11.8 Å². The summed E-state index contributed by atoms with van der Waals surface area (Å²) in [7, 11) is 0. The molecule has 2 aromatic heterocycles. The van der Waals surface area contributed by atoms with Crippen LogP contribution in [0.5, 0.6) is 0 Å². The molecule has 7 heteroatoms. The van der Waals surface area contributed by atoms with Crippen LogP contribution in [-0.2, 0) is 9.53 Å². The van der Waals surface area contributed by atoms with Crippen molar-refractivity contribution in [1.82, 2.24) is 14.6 Å². The maximum atomic E-state index is 11.8. The number of aromatic nitrogens is 3. The molecule has 0 aliphatic rings. The lowest BCUT2D eigenvalue weighted by Crippen LogP contribution is -2.24. The van der Waals surface area contributed by atoms with Crippen molar-refractivity contribution in [3.8, 4) is 0 Å². The van der Waals surface area contributed by atoms with E-state index in [1.54, 1.807) is 11.3 Å². The number of ether oxygens (including phenoxy) is 1. The molecule has 2 heterocycles. The Kier molecular flexibility index (Phi) is 3.62. The zero-order valence-corrected chi connectivity index (χ0v) is 13.6. The van der Waals surface area contributed by atoms with Gasteiger partial charge in [0.25, 0.3) is 0 Å². The highest BCUT2D eigenvalue weighted by molar-refractivity contribution is 7.99. The predicted molar refractivity (Wildman–Crippen MR) is 84.9 cm³/mol. The minimum atomic E-state index is -0.465. The zero-order chi connectivity index (χ0) is 15.0. The van der Waals surface area contributed by atoms with E-state index in [0.29, 0.717) is 5.16 Å². The molecule has 0 spiro atoms. The Morgan fingerprint density at radius 2 is 2.10 bits per heavy atom. The number of carbonyl (C=O) groups is 1.